The number of carbonyl (C=O) groups excluding carboxylic acids is 2. The van der Waals surface area contributed by atoms with E-state index in [-0.39, 0.29) is 23.9 Å². The fourth-order valence-corrected chi connectivity index (χ4v) is 5.77. The number of nitrogens with one attached hydrogen (secondary N) is 1. The predicted octanol–water partition coefficient (Wildman–Crippen LogP) is 3.37. The maximum absolute atomic E-state index is 13.2. The molecule has 0 spiro atoms. The first kappa shape index (κ1) is 19.0. The summed E-state index contributed by atoms with van der Waals surface area (Å²) in [7, 11) is 0. The van der Waals surface area contributed by atoms with Crippen LogP contribution in [0.15, 0.2) is 46.7 Å². The van der Waals surface area contributed by atoms with Crippen molar-refractivity contribution in [2.45, 2.75) is 32.2 Å². The lowest BCUT2D eigenvalue weighted by Crippen LogP contribution is -2.28. The Morgan fingerprint density at radius 3 is 2.80 bits per heavy atom. The molecule has 4 aromatic heterocycles. The van der Waals surface area contributed by atoms with Crippen LogP contribution in [0.1, 0.15) is 38.5 Å². The first-order valence-electron chi connectivity index (χ1n) is 9.68. The molecule has 0 atom stereocenters. The van der Waals surface area contributed by atoms with Crippen LogP contribution in [0.2, 0.25) is 0 Å². The molecular weight excluding hydrogens is 420 g/mol. The van der Waals surface area contributed by atoms with E-state index in [9.17, 15) is 14.4 Å². The molecular formula is C21H18N4O3S2. The molecule has 1 N–H and O–H groups in total. The summed E-state index contributed by atoms with van der Waals surface area (Å²) in [6, 6.07) is 8.89. The quantitative estimate of drug-likeness (QED) is 0.484. The second-order valence-electron chi connectivity index (χ2n) is 7.14. The van der Waals surface area contributed by atoms with E-state index in [1.807, 2.05) is 17.5 Å². The topological polar surface area (TPSA) is 85.5 Å². The van der Waals surface area contributed by atoms with Crippen molar-refractivity contribution in [3.05, 3.63) is 73.3 Å². The molecule has 0 radical (unpaired) electrons. The van der Waals surface area contributed by atoms with Crippen molar-refractivity contribution >= 4 is 45.0 Å². The van der Waals surface area contributed by atoms with Gasteiger partial charge in [0, 0.05) is 11.1 Å². The molecule has 9 heteroatoms. The number of hydrogen-bond acceptors (Lipinski definition) is 6. The molecule has 4 aromatic rings. The van der Waals surface area contributed by atoms with Crippen molar-refractivity contribution in [3.8, 4) is 0 Å². The number of thiophene rings is 2. The van der Waals surface area contributed by atoms with Gasteiger partial charge < -0.3 is 5.32 Å². The third-order valence-corrected chi connectivity index (χ3v) is 7.25. The molecule has 30 heavy (non-hydrogen) atoms. The molecule has 1 amide bonds. The van der Waals surface area contributed by atoms with Crippen LogP contribution in [-0.2, 0) is 24.2 Å². The highest BCUT2D eigenvalue weighted by Crippen LogP contribution is 2.39. The van der Waals surface area contributed by atoms with Gasteiger partial charge in [0.1, 0.15) is 11.5 Å². The number of aryl methyl sites for hydroxylation is 1. The number of hydrogen-bond donors (Lipinski definition) is 1. The minimum Gasteiger partial charge on any atom is -0.315 e. The van der Waals surface area contributed by atoms with E-state index in [0.29, 0.717) is 21.1 Å². The molecule has 0 saturated heterocycles. The van der Waals surface area contributed by atoms with E-state index in [1.165, 1.54) is 32.0 Å². The van der Waals surface area contributed by atoms with Crippen molar-refractivity contribution in [1.29, 1.82) is 0 Å². The summed E-state index contributed by atoms with van der Waals surface area (Å²) in [5.41, 5.74) is 1.77. The average molecular weight is 439 g/mol. The Labute approximate surface area is 179 Å². The zero-order valence-electron chi connectivity index (χ0n) is 16.0. The van der Waals surface area contributed by atoms with E-state index >= 15 is 0 Å². The molecule has 5 rings (SSSR count). The monoisotopic (exact) mass is 438 g/mol. The van der Waals surface area contributed by atoms with Crippen LogP contribution < -0.4 is 11.0 Å². The normalized spacial score (nSPS) is 13.3. The van der Waals surface area contributed by atoms with Gasteiger partial charge in [-0.1, -0.05) is 12.1 Å². The Hall–Kier alpha value is -3.04. The summed E-state index contributed by atoms with van der Waals surface area (Å²) in [6.07, 6.45) is 5.51. The van der Waals surface area contributed by atoms with Gasteiger partial charge in [-0.3, -0.25) is 14.0 Å². The second kappa shape index (κ2) is 7.66. The average Bonchev–Trinajstić information content (AvgIpc) is 3.46. The van der Waals surface area contributed by atoms with Crippen LogP contribution in [0.3, 0.4) is 0 Å². The molecule has 0 saturated carbocycles. The zero-order chi connectivity index (χ0) is 20.7. The molecule has 1 aliphatic rings. The Balaban J connectivity index is 1.46. The Morgan fingerprint density at radius 2 is 2.00 bits per heavy atom. The first-order chi connectivity index (χ1) is 14.6. The molecule has 0 unspecified atom stereocenters. The number of fused-ring (bicyclic) bond motifs is 2. The summed E-state index contributed by atoms with van der Waals surface area (Å²) in [5, 5.41) is 9.53. The highest BCUT2D eigenvalue weighted by Gasteiger charge is 2.27. The van der Waals surface area contributed by atoms with Gasteiger partial charge in [0.2, 0.25) is 11.7 Å². The maximum atomic E-state index is 13.2. The number of aromatic nitrogens is 3. The number of ketones is 1. The minimum absolute atomic E-state index is 0.0513. The van der Waals surface area contributed by atoms with E-state index in [2.05, 4.69) is 10.4 Å². The minimum atomic E-state index is -0.376. The smallest absolute Gasteiger partial charge is 0.315 e. The predicted molar refractivity (Wildman–Crippen MR) is 117 cm³/mol. The third kappa shape index (κ3) is 3.29. The summed E-state index contributed by atoms with van der Waals surface area (Å²) in [4.78, 5) is 40.2. The van der Waals surface area contributed by atoms with Crippen molar-refractivity contribution in [1.82, 2.24) is 14.2 Å². The van der Waals surface area contributed by atoms with E-state index in [1.54, 1.807) is 24.4 Å². The molecule has 7 nitrogen and oxygen atoms in total. The van der Waals surface area contributed by atoms with Crippen molar-refractivity contribution < 1.29 is 9.59 Å². The van der Waals surface area contributed by atoms with Crippen LogP contribution in [0.4, 0.5) is 5.00 Å². The van der Waals surface area contributed by atoms with Gasteiger partial charge in [0.05, 0.1) is 10.4 Å². The van der Waals surface area contributed by atoms with E-state index < -0.39 is 0 Å². The largest absolute Gasteiger partial charge is 0.350 e. The van der Waals surface area contributed by atoms with E-state index in [0.717, 1.165) is 35.9 Å². The standard InChI is InChI=1S/C21H18N4O3S2/c26-17(12-25-21(28)24-10-4-3-9-16(24)23-25)22-20-18(19(27)15-8-5-11-29-15)13-6-1-2-7-14(13)30-20/h3-5,8-11H,1-2,6-7,12H2,(H,22,26). The molecule has 152 valence electrons. The molecule has 0 bridgehead atoms. The summed E-state index contributed by atoms with van der Waals surface area (Å²) in [6.45, 7) is -0.213. The van der Waals surface area contributed by atoms with Gasteiger partial charge in [-0.15, -0.1) is 27.8 Å². The van der Waals surface area contributed by atoms with Crippen LogP contribution in [0, 0.1) is 0 Å². The highest BCUT2D eigenvalue weighted by atomic mass is 32.1. The highest BCUT2D eigenvalue weighted by molar-refractivity contribution is 7.17. The molecule has 0 aromatic carbocycles. The van der Waals surface area contributed by atoms with Gasteiger partial charge in [-0.05, 0) is 54.8 Å². The Kier molecular flexibility index (Phi) is 4.84. The van der Waals surface area contributed by atoms with Gasteiger partial charge in [0.15, 0.2) is 5.65 Å². The van der Waals surface area contributed by atoms with Crippen molar-refractivity contribution in [2.75, 3.05) is 5.32 Å². The van der Waals surface area contributed by atoms with Crippen molar-refractivity contribution in [3.63, 3.8) is 0 Å². The summed E-state index contributed by atoms with van der Waals surface area (Å²) >= 11 is 2.87. The zero-order valence-corrected chi connectivity index (χ0v) is 17.6. The fourth-order valence-electron chi connectivity index (χ4n) is 3.80. The first-order valence-corrected chi connectivity index (χ1v) is 11.4. The second-order valence-corrected chi connectivity index (χ2v) is 9.19. The van der Waals surface area contributed by atoms with Crippen LogP contribution in [0.5, 0.6) is 0 Å². The Morgan fingerprint density at radius 1 is 1.13 bits per heavy atom. The number of anilines is 1. The number of pyridine rings is 1. The third-order valence-electron chi connectivity index (χ3n) is 5.18. The Bertz CT molecular complexity index is 1310. The van der Waals surface area contributed by atoms with E-state index in [4.69, 9.17) is 0 Å². The van der Waals surface area contributed by atoms with Gasteiger partial charge in [0.25, 0.3) is 0 Å². The molecule has 4 heterocycles. The number of rotatable bonds is 5. The van der Waals surface area contributed by atoms with Gasteiger partial charge >= 0.3 is 5.69 Å². The summed E-state index contributed by atoms with van der Waals surface area (Å²) < 4.78 is 2.53. The number of amides is 1. The molecule has 0 fully saturated rings. The van der Waals surface area contributed by atoms with Crippen LogP contribution in [-0.4, -0.2) is 25.9 Å². The van der Waals surface area contributed by atoms with Gasteiger partial charge in [-0.25, -0.2) is 9.48 Å². The van der Waals surface area contributed by atoms with Crippen molar-refractivity contribution in [2.24, 2.45) is 0 Å². The SMILES string of the molecule is O=C(Cn1nc2ccccn2c1=O)Nc1sc2c(c1C(=O)c1cccs1)CCCC2. The lowest BCUT2D eigenvalue weighted by molar-refractivity contribution is -0.116. The lowest BCUT2D eigenvalue weighted by Gasteiger charge is -2.12. The maximum Gasteiger partial charge on any atom is 0.350 e. The molecule has 0 aliphatic heterocycles. The number of nitrogens with zero attached hydrogens (tertiary/aromatic N) is 3. The fraction of sp³-hybridized carbons (Fsp3) is 0.238. The van der Waals surface area contributed by atoms with Crippen LogP contribution >= 0.6 is 22.7 Å². The van der Waals surface area contributed by atoms with Crippen LogP contribution in [0.25, 0.3) is 5.65 Å². The van der Waals surface area contributed by atoms with Gasteiger partial charge in [-0.2, -0.15) is 0 Å². The number of carbonyl (C=O) groups is 2. The molecule has 1 aliphatic carbocycles. The summed E-state index contributed by atoms with van der Waals surface area (Å²) in [5.74, 6) is -0.427. The lowest BCUT2D eigenvalue weighted by atomic mass is 9.93.